The Morgan fingerprint density at radius 3 is 2.42 bits per heavy atom. The molecule has 2 amide bonds. The Bertz CT molecular complexity index is 888. The maximum absolute atomic E-state index is 12.5. The SMILES string of the molecule is O=C(Nc1ccc(C(F)(F)F)cc1)Nc1c[nH]c2ccc(Cl)cc12. The van der Waals surface area contributed by atoms with Crippen LogP contribution < -0.4 is 10.6 Å². The van der Waals surface area contributed by atoms with E-state index in [2.05, 4.69) is 15.6 Å². The van der Waals surface area contributed by atoms with E-state index in [4.69, 9.17) is 11.6 Å². The molecule has 3 aromatic rings. The van der Waals surface area contributed by atoms with Gasteiger partial charge in [0.15, 0.2) is 0 Å². The molecule has 4 nitrogen and oxygen atoms in total. The highest BCUT2D eigenvalue weighted by Gasteiger charge is 2.29. The molecule has 1 heterocycles. The molecule has 0 radical (unpaired) electrons. The first-order valence-electron chi connectivity index (χ1n) is 6.85. The minimum absolute atomic E-state index is 0.248. The van der Waals surface area contributed by atoms with E-state index < -0.39 is 17.8 Å². The summed E-state index contributed by atoms with van der Waals surface area (Å²) in [5.41, 5.74) is 0.777. The van der Waals surface area contributed by atoms with E-state index in [-0.39, 0.29) is 5.69 Å². The van der Waals surface area contributed by atoms with Crippen molar-refractivity contribution in [3.05, 3.63) is 59.2 Å². The third kappa shape index (κ3) is 3.46. The lowest BCUT2D eigenvalue weighted by Crippen LogP contribution is -2.19. The van der Waals surface area contributed by atoms with Gasteiger partial charge in [0.1, 0.15) is 0 Å². The number of nitrogens with one attached hydrogen (secondary N) is 3. The number of anilines is 2. The van der Waals surface area contributed by atoms with E-state index in [0.29, 0.717) is 10.7 Å². The monoisotopic (exact) mass is 353 g/mol. The van der Waals surface area contributed by atoms with Crippen LogP contribution in [0.5, 0.6) is 0 Å². The van der Waals surface area contributed by atoms with Gasteiger partial charge in [0.05, 0.1) is 11.3 Å². The van der Waals surface area contributed by atoms with Crippen LogP contribution >= 0.6 is 11.6 Å². The van der Waals surface area contributed by atoms with Crippen molar-refractivity contribution in [2.75, 3.05) is 10.6 Å². The van der Waals surface area contributed by atoms with E-state index in [1.54, 1.807) is 24.4 Å². The first kappa shape index (κ1) is 16.2. The number of aromatic amines is 1. The molecule has 0 unspecified atom stereocenters. The number of fused-ring (bicyclic) bond motifs is 1. The molecule has 0 saturated heterocycles. The topological polar surface area (TPSA) is 56.9 Å². The number of rotatable bonds is 2. The Kier molecular flexibility index (Phi) is 4.11. The first-order chi connectivity index (χ1) is 11.3. The summed E-state index contributed by atoms with van der Waals surface area (Å²) in [5, 5.41) is 6.35. The number of carbonyl (C=O) groups excluding carboxylic acids is 1. The lowest BCUT2D eigenvalue weighted by Gasteiger charge is -2.09. The molecule has 0 saturated carbocycles. The standard InChI is InChI=1S/C16H11ClF3N3O/c17-10-3-6-13-12(7-10)14(8-21-13)23-15(24)22-11-4-1-9(2-5-11)16(18,19)20/h1-8,21H,(H2,22,23,24). The van der Waals surface area contributed by atoms with Crippen LogP contribution in [-0.2, 0) is 6.18 Å². The van der Waals surface area contributed by atoms with Crippen molar-refractivity contribution >= 4 is 39.9 Å². The largest absolute Gasteiger partial charge is 0.416 e. The van der Waals surface area contributed by atoms with Gasteiger partial charge < -0.3 is 15.6 Å². The average Bonchev–Trinajstić information content (AvgIpc) is 2.89. The molecule has 24 heavy (non-hydrogen) atoms. The summed E-state index contributed by atoms with van der Waals surface area (Å²) in [6, 6.07) is 8.80. The van der Waals surface area contributed by atoms with Gasteiger partial charge >= 0.3 is 12.2 Å². The molecule has 0 bridgehead atoms. The van der Waals surface area contributed by atoms with E-state index in [9.17, 15) is 18.0 Å². The molecule has 3 N–H and O–H groups in total. The van der Waals surface area contributed by atoms with E-state index in [0.717, 1.165) is 23.0 Å². The van der Waals surface area contributed by atoms with Crippen molar-refractivity contribution in [2.45, 2.75) is 6.18 Å². The van der Waals surface area contributed by atoms with Gasteiger partial charge in [-0.3, -0.25) is 0 Å². The van der Waals surface area contributed by atoms with Gasteiger partial charge in [0.25, 0.3) is 0 Å². The number of benzene rings is 2. The maximum Gasteiger partial charge on any atom is 0.416 e. The van der Waals surface area contributed by atoms with Crippen LogP contribution in [0.1, 0.15) is 5.56 Å². The number of hydrogen-bond donors (Lipinski definition) is 3. The molecule has 0 fully saturated rings. The fraction of sp³-hybridized carbons (Fsp3) is 0.0625. The summed E-state index contributed by atoms with van der Waals surface area (Å²) in [6.45, 7) is 0. The minimum atomic E-state index is -4.41. The van der Waals surface area contributed by atoms with Crippen LogP contribution in [0.15, 0.2) is 48.7 Å². The van der Waals surface area contributed by atoms with Crippen LogP contribution in [-0.4, -0.2) is 11.0 Å². The summed E-state index contributed by atoms with van der Waals surface area (Å²) in [5.74, 6) is 0. The van der Waals surface area contributed by atoms with Crippen molar-refractivity contribution in [3.63, 3.8) is 0 Å². The molecular weight excluding hydrogens is 343 g/mol. The molecule has 0 atom stereocenters. The number of H-pyrrole nitrogens is 1. The smallest absolute Gasteiger partial charge is 0.359 e. The highest BCUT2D eigenvalue weighted by molar-refractivity contribution is 6.31. The quantitative estimate of drug-likeness (QED) is 0.561. The van der Waals surface area contributed by atoms with Crippen molar-refractivity contribution in [1.29, 1.82) is 0 Å². The molecule has 0 aliphatic heterocycles. The predicted molar refractivity (Wildman–Crippen MR) is 87.4 cm³/mol. The second kappa shape index (κ2) is 6.09. The highest BCUT2D eigenvalue weighted by Crippen LogP contribution is 2.30. The number of carbonyl (C=O) groups is 1. The van der Waals surface area contributed by atoms with Crippen LogP contribution in [0.2, 0.25) is 5.02 Å². The second-order valence-corrected chi connectivity index (χ2v) is 5.48. The normalized spacial score (nSPS) is 11.5. The molecule has 0 aliphatic rings. The van der Waals surface area contributed by atoms with Gasteiger partial charge in [-0.05, 0) is 42.5 Å². The van der Waals surface area contributed by atoms with E-state index >= 15 is 0 Å². The number of hydrogen-bond acceptors (Lipinski definition) is 1. The third-order valence-electron chi connectivity index (χ3n) is 3.36. The van der Waals surface area contributed by atoms with Crippen molar-refractivity contribution < 1.29 is 18.0 Å². The Morgan fingerprint density at radius 1 is 1.04 bits per heavy atom. The van der Waals surface area contributed by atoms with Gasteiger partial charge in [-0.1, -0.05) is 11.6 Å². The maximum atomic E-state index is 12.5. The third-order valence-corrected chi connectivity index (χ3v) is 3.60. The Labute approximate surface area is 139 Å². The van der Waals surface area contributed by atoms with E-state index in [1.165, 1.54) is 12.1 Å². The number of aromatic nitrogens is 1. The lowest BCUT2D eigenvalue weighted by molar-refractivity contribution is -0.137. The minimum Gasteiger partial charge on any atom is -0.359 e. The van der Waals surface area contributed by atoms with Crippen molar-refractivity contribution in [3.8, 4) is 0 Å². The van der Waals surface area contributed by atoms with Crippen molar-refractivity contribution in [2.24, 2.45) is 0 Å². The number of amides is 2. The fourth-order valence-corrected chi connectivity index (χ4v) is 2.40. The lowest BCUT2D eigenvalue weighted by atomic mass is 10.2. The zero-order valence-electron chi connectivity index (χ0n) is 12.0. The van der Waals surface area contributed by atoms with Gasteiger partial charge in [-0.25, -0.2) is 4.79 Å². The predicted octanol–water partition coefficient (Wildman–Crippen LogP) is 5.48. The summed E-state index contributed by atoms with van der Waals surface area (Å²) in [7, 11) is 0. The zero-order chi connectivity index (χ0) is 17.3. The molecule has 3 rings (SSSR count). The van der Waals surface area contributed by atoms with Gasteiger partial charge in [0.2, 0.25) is 0 Å². The number of urea groups is 1. The summed E-state index contributed by atoms with van der Waals surface area (Å²) in [6.07, 6.45) is -2.81. The number of halogens is 4. The van der Waals surface area contributed by atoms with Crippen LogP contribution in [0.4, 0.5) is 29.3 Å². The Morgan fingerprint density at radius 2 is 1.75 bits per heavy atom. The van der Waals surface area contributed by atoms with E-state index in [1.807, 2.05) is 0 Å². The molecule has 1 aromatic heterocycles. The molecule has 0 spiro atoms. The van der Waals surface area contributed by atoms with Crippen LogP contribution in [0, 0.1) is 0 Å². The van der Waals surface area contributed by atoms with Gasteiger partial charge in [-0.15, -0.1) is 0 Å². The van der Waals surface area contributed by atoms with Crippen molar-refractivity contribution in [1.82, 2.24) is 4.98 Å². The van der Waals surface area contributed by atoms with Crippen LogP contribution in [0.25, 0.3) is 10.9 Å². The molecule has 2 aromatic carbocycles. The molecule has 124 valence electrons. The summed E-state index contributed by atoms with van der Waals surface area (Å²) in [4.78, 5) is 15.0. The number of alkyl halides is 3. The van der Waals surface area contributed by atoms with Gasteiger partial charge in [-0.2, -0.15) is 13.2 Å². The Hall–Kier alpha value is -2.67. The first-order valence-corrected chi connectivity index (χ1v) is 7.22. The molecule has 0 aliphatic carbocycles. The van der Waals surface area contributed by atoms with Gasteiger partial charge in [0, 0.05) is 27.8 Å². The molecular formula is C16H11ClF3N3O. The average molecular weight is 354 g/mol. The summed E-state index contributed by atoms with van der Waals surface area (Å²) >= 11 is 5.93. The summed E-state index contributed by atoms with van der Waals surface area (Å²) < 4.78 is 37.5. The molecule has 8 heteroatoms. The Balaban J connectivity index is 1.72. The zero-order valence-corrected chi connectivity index (χ0v) is 12.8. The van der Waals surface area contributed by atoms with Crippen LogP contribution in [0.3, 0.4) is 0 Å². The fourth-order valence-electron chi connectivity index (χ4n) is 2.22. The highest BCUT2D eigenvalue weighted by atomic mass is 35.5. The second-order valence-electron chi connectivity index (χ2n) is 5.05.